The van der Waals surface area contributed by atoms with Crippen LogP contribution in [0.2, 0.25) is 0 Å². The molecule has 4 rings (SSSR count). The van der Waals surface area contributed by atoms with Crippen LogP contribution in [0.25, 0.3) is 11.1 Å². The summed E-state index contributed by atoms with van der Waals surface area (Å²) in [5.41, 5.74) is 2.77. The van der Waals surface area contributed by atoms with E-state index in [4.69, 9.17) is 4.74 Å². The van der Waals surface area contributed by atoms with Gasteiger partial charge in [0.15, 0.2) is 0 Å². The molecule has 8 heteroatoms. The molecule has 0 amide bonds. The summed E-state index contributed by atoms with van der Waals surface area (Å²) >= 11 is 0. The van der Waals surface area contributed by atoms with Crippen molar-refractivity contribution in [1.82, 2.24) is 19.5 Å². The Bertz CT molecular complexity index is 1130. The average Bonchev–Trinajstić information content (AvgIpc) is 3.33. The van der Waals surface area contributed by atoms with E-state index in [1.165, 1.54) is 0 Å². The predicted molar refractivity (Wildman–Crippen MR) is 119 cm³/mol. The van der Waals surface area contributed by atoms with E-state index in [1.807, 2.05) is 47.9 Å². The first-order chi connectivity index (χ1) is 15.0. The lowest BCUT2D eigenvalue weighted by atomic mass is 9.91. The highest BCUT2D eigenvalue weighted by atomic mass is 32.2. The van der Waals surface area contributed by atoms with Crippen LogP contribution in [0.5, 0.6) is 5.75 Å². The summed E-state index contributed by atoms with van der Waals surface area (Å²) in [6.45, 7) is 1.98. The zero-order valence-electron chi connectivity index (χ0n) is 17.9. The summed E-state index contributed by atoms with van der Waals surface area (Å²) in [4.78, 5) is 0.355. The highest BCUT2D eigenvalue weighted by Crippen LogP contribution is 2.31. The second-order valence-corrected chi connectivity index (χ2v) is 9.64. The fourth-order valence-electron chi connectivity index (χ4n) is 4.32. The number of sulfonamides is 1. The van der Waals surface area contributed by atoms with Crippen LogP contribution in [0, 0.1) is 0 Å². The first-order valence-corrected chi connectivity index (χ1v) is 12.1. The summed E-state index contributed by atoms with van der Waals surface area (Å²) in [7, 11) is -1.99. The molecular formula is C23H28N4O3S. The molecule has 3 aromatic rings. The topological polar surface area (TPSA) is 86.1 Å². The van der Waals surface area contributed by atoms with E-state index < -0.39 is 10.0 Å². The Morgan fingerprint density at radius 1 is 1.10 bits per heavy atom. The van der Waals surface area contributed by atoms with E-state index >= 15 is 0 Å². The van der Waals surface area contributed by atoms with Crippen molar-refractivity contribution in [3.05, 3.63) is 60.7 Å². The molecule has 1 aromatic heterocycles. The molecule has 0 aliphatic heterocycles. The van der Waals surface area contributed by atoms with Crippen LogP contribution in [0.4, 0.5) is 0 Å². The van der Waals surface area contributed by atoms with E-state index in [0.29, 0.717) is 11.3 Å². The number of ether oxygens (including phenoxy) is 1. The zero-order chi connectivity index (χ0) is 21.8. The van der Waals surface area contributed by atoms with Gasteiger partial charge in [-0.15, -0.1) is 10.2 Å². The van der Waals surface area contributed by atoms with Gasteiger partial charge in [-0.05, 0) is 73.1 Å². The molecule has 1 saturated carbocycles. The second-order valence-electron chi connectivity index (χ2n) is 7.96. The van der Waals surface area contributed by atoms with E-state index in [-0.39, 0.29) is 12.1 Å². The second kappa shape index (κ2) is 9.20. The SMILES string of the molecule is CCc1cc(-c2cccc(OC)c2)ccc1S(=O)(=O)NC1CCCC(n2cnnc2)C1. The molecule has 0 bridgehead atoms. The smallest absolute Gasteiger partial charge is 0.241 e. The van der Waals surface area contributed by atoms with Crippen LogP contribution in [-0.2, 0) is 16.4 Å². The number of aryl methyl sites for hydroxylation is 1. The normalized spacial score (nSPS) is 19.3. The van der Waals surface area contributed by atoms with Crippen molar-refractivity contribution >= 4 is 10.0 Å². The minimum absolute atomic E-state index is 0.103. The van der Waals surface area contributed by atoms with Gasteiger partial charge in [0.2, 0.25) is 10.0 Å². The minimum Gasteiger partial charge on any atom is -0.497 e. The molecule has 2 atom stereocenters. The molecule has 1 N–H and O–H groups in total. The molecule has 0 radical (unpaired) electrons. The van der Waals surface area contributed by atoms with Crippen LogP contribution < -0.4 is 9.46 Å². The monoisotopic (exact) mass is 440 g/mol. The fourth-order valence-corrected chi connectivity index (χ4v) is 5.90. The predicted octanol–water partition coefficient (Wildman–Crippen LogP) is 3.98. The quantitative estimate of drug-likeness (QED) is 0.601. The van der Waals surface area contributed by atoms with Crippen molar-refractivity contribution < 1.29 is 13.2 Å². The number of rotatable bonds is 7. The van der Waals surface area contributed by atoms with Crippen molar-refractivity contribution in [1.29, 1.82) is 0 Å². The van der Waals surface area contributed by atoms with Crippen LogP contribution >= 0.6 is 0 Å². The molecule has 1 aliphatic rings. The first-order valence-electron chi connectivity index (χ1n) is 10.6. The van der Waals surface area contributed by atoms with Gasteiger partial charge in [0.05, 0.1) is 12.0 Å². The molecule has 1 aliphatic carbocycles. The lowest BCUT2D eigenvalue weighted by molar-refractivity contribution is 0.305. The molecule has 2 unspecified atom stereocenters. The molecule has 0 saturated heterocycles. The van der Waals surface area contributed by atoms with Crippen molar-refractivity contribution in [2.45, 2.75) is 56.0 Å². The lowest BCUT2D eigenvalue weighted by Gasteiger charge is -2.30. The Hall–Kier alpha value is -2.71. The number of nitrogens with zero attached hydrogens (tertiary/aromatic N) is 3. The Morgan fingerprint density at radius 3 is 2.61 bits per heavy atom. The molecule has 1 heterocycles. The van der Waals surface area contributed by atoms with Crippen molar-refractivity contribution in [3.63, 3.8) is 0 Å². The van der Waals surface area contributed by atoms with Gasteiger partial charge in [-0.3, -0.25) is 0 Å². The van der Waals surface area contributed by atoms with Gasteiger partial charge in [-0.2, -0.15) is 0 Å². The van der Waals surface area contributed by atoms with E-state index in [2.05, 4.69) is 14.9 Å². The van der Waals surface area contributed by atoms with Gasteiger partial charge in [0, 0.05) is 12.1 Å². The maximum absolute atomic E-state index is 13.3. The molecule has 0 spiro atoms. The summed E-state index contributed by atoms with van der Waals surface area (Å²) in [5.74, 6) is 0.772. The van der Waals surface area contributed by atoms with Gasteiger partial charge >= 0.3 is 0 Å². The van der Waals surface area contributed by atoms with Crippen molar-refractivity contribution in [2.75, 3.05) is 7.11 Å². The maximum Gasteiger partial charge on any atom is 0.241 e. The molecule has 1 fully saturated rings. The fraction of sp³-hybridized carbons (Fsp3) is 0.391. The largest absolute Gasteiger partial charge is 0.497 e. The van der Waals surface area contributed by atoms with Crippen LogP contribution in [0.3, 0.4) is 0 Å². The number of nitrogens with one attached hydrogen (secondary N) is 1. The van der Waals surface area contributed by atoms with Gasteiger partial charge in [0.25, 0.3) is 0 Å². The van der Waals surface area contributed by atoms with Crippen LogP contribution in [0.1, 0.15) is 44.2 Å². The third kappa shape index (κ3) is 4.80. The number of hydrogen-bond donors (Lipinski definition) is 1. The number of benzene rings is 2. The number of hydrogen-bond acceptors (Lipinski definition) is 5. The Balaban J connectivity index is 1.56. The summed E-state index contributed by atoms with van der Waals surface area (Å²) in [6.07, 6.45) is 7.57. The minimum atomic E-state index is -3.62. The first kappa shape index (κ1) is 21.5. The summed E-state index contributed by atoms with van der Waals surface area (Å²) in [5, 5.41) is 7.76. The van der Waals surface area contributed by atoms with Crippen LogP contribution in [0.15, 0.2) is 60.0 Å². The van der Waals surface area contributed by atoms with E-state index in [1.54, 1.807) is 25.8 Å². The third-order valence-corrected chi connectivity index (χ3v) is 7.58. The Labute approximate surface area is 183 Å². The van der Waals surface area contributed by atoms with E-state index in [0.717, 1.165) is 48.1 Å². The molecular weight excluding hydrogens is 412 g/mol. The Morgan fingerprint density at radius 2 is 1.87 bits per heavy atom. The van der Waals surface area contributed by atoms with Crippen molar-refractivity contribution in [2.24, 2.45) is 0 Å². The highest BCUT2D eigenvalue weighted by Gasteiger charge is 2.28. The Kier molecular flexibility index (Phi) is 6.38. The van der Waals surface area contributed by atoms with Gasteiger partial charge in [0.1, 0.15) is 18.4 Å². The standard InChI is InChI=1S/C23H28N4O3S/c1-3-17-12-19(18-6-4-9-22(13-18)30-2)10-11-23(17)31(28,29)26-20-7-5-8-21(14-20)27-15-24-25-16-27/h4,6,9-13,15-16,20-21,26H,3,5,7-8,14H2,1-2H3. The third-order valence-electron chi connectivity index (χ3n) is 5.96. The summed E-state index contributed by atoms with van der Waals surface area (Å²) in [6, 6.07) is 13.4. The van der Waals surface area contributed by atoms with Gasteiger partial charge < -0.3 is 9.30 Å². The summed E-state index contributed by atoms with van der Waals surface area (Å²) < 4.78 is 36.8. The molecule has 164 valence electrons. The highest BCUT2D eigenvalue weighted by molar-refractivity contribution is 7.89. The number of aromatic nitrogens is 3. The molecule has 2 aromatic carbocycles. The van der Waals surface area contributed by atoms with E-state index in [9.17, 15) is 8.42 Å². The van der Waals surface area contributed by atoms with Crippen molar-refractivity contribution in [3.8, 4) is 16.9 Å². The van der Waals surface area contributed by atoms with Gasteiger partial charge in [-0.1, -0.05) is 25.1 Å². The zero-order valence-corrected chi connectivity index (χ0v) is 18.7. The molecule has 31 heavy (non-hydrogen) atoms. The number of methoxy groups -OCH3 is 1. The molecule has 7 nitrogen and oxygen atoms in total. The lowest BCUT2D eigenvalue weighted by Crippen LogP contribution is -2.39. The maximum atomic E-state index is 13.3. The van der Waals surface area contributed by atoms with Gasteiger partial charge in [-0.25, -0.2) is 13.1 Å². The van der Waals surface area contributed by atoms with Crippen LogP contribution in [-0.4, -0.2) is 36.3 Å². The average molecular weight is 441 g/mol.